The molecule has 27 nitrogen and oxygen atoms in total. The lowest BCUT2D eigenvalue weighted by Gasteiger charge is -2.41. The molecule has 2 aromatic rings. The van der Waals surface area contributed by atoms with Crippen molar-refractivity contribution in [2.45, 2.75) is 252 Å². The summed E-state index contributed by atoms with van der Waals surface area (Å²) < 4.78 is 17.8. The van der Waals surface area contributed by atoms with E-state index in [-0.39, 0.29) is 93.2 Å². The number of carbonyl (C=O) groups is 11. The number of anilines is 1. The number of urea groups is 1. The Kier molecular flexibility index (Phi) is 35.6. The lowest BCUT2D eigenvalue weighted by molar-refractivity contribution is -0.148. The van der Waals surface area contributed by atoms with E-state index in [1.54, 1.807) is 114 Å². The van der Waals surface area contributed by atoms with Crippen molar-refractivity contribution in [2.75, 3.05) is 59.8 Å². The van der Waals surface area contributed by atoms with Gasteiger partial charge in [-0.2, -0.15) is 0 Å². The van der Waals surface area contributed by atoms with Crippen molar-refractivity contribution in [1.82, 2.24) is 51.5 Å². The van der Waals surface area contributed by atoms with E-state index in [1.807, 2.05) is 32.0 Å². The normalized spacial score (nSPS) is 18.4. The summed E-state index contributed by atoms with van der Waals surface area (Å²) in [4.78, 5) is 156. The van der Waals surface area contributed by atoms with E-state index in [2.05, 4.69) is 37.2 Å². The summed E-state index contributed by atoms with van der Waals surface area (Å²) in [5.74, 6) is -5.52. The van der Waals surface area contributed by atoms with Gasteiger partial charge in [-0.05, 0) is 112 Å². The van der Waals surface area contributed by atoms with Gasteiger partial charge in [-0.25, -0.2) is 9.59 Å². The number of aliphatic hydroxyl groups is 1. The van der Waals surface area contributed by atoms with Crippen LogP contribution in [0.2, 0.25) is 0 Å². The number of nitrogens with two attached hydrogens (primary N) is 1. The molecule has 0 aromatic heterocycles. The molecular weight excluding hydrogens is 1320 g/mol. The molecule has 2 aliphatic heterocycles. The molecule has 27 heteroatoms. The van der Waals surface area contributed by atoms with Crippen molar-refractivity contribution in [3.63, 3.8) is 0 Å². The maximum Gasteiger partial charge on any atom is 0.410 e. The fourth-order valence-electron chi connectivity index (χ4n) is 14.4. The second-order valence-corrected chi connectivity index (χ2v) is 29.5. The molecule has 1 saturated carbocycles. The number of piperidine rings is 1. The molecule has 12 unspecified atom stereocenters. The van der Waals surface area contributed by atoms with E-state index in [1.165, 1.54) is 39.0 Å². The Balaban J connectivity index is 1.14. The zero-order valence-corrected chi connectivity index (χ0v) is 63.6. The van der Waals surface area contributed by atoms with Gasteiger partial charge >= 0.3 is 12.1 Å². The predicted octanol–water partition coefficient (Wildman–Crippen LogP) is 6.84. The number of rotatable bonds is 38. The summed E-state index contributed by atoms with van der Waals surface area (Å²) in [6, 6.07) is 8.94. The monoisotopic (exact) mass is 1440 g/mol. The van der Waals surface area contributed by atoms with Crippen LogP contribution in [0.3, 0.4) is 0 Å². The maximum absolute atomic E-state index is 14.9. The van der Waals surface area contributed by atoms with Crippen molar-refractivity contribution in [3.8, 4) is 0 Å². The highest BCUT2D eigenvalue weighted by Crippen LogP contribution is 2.31. The number of hydrogen-bond donors (Lipinski definition) is 9. The second-order valence-electron chi connectivity index (χ2n) is 29.5. The van der Waals surface area contributed by atoms with Crippen LogP contribution in [0.5, 0.6) is 0 Å². The van der Waals surface area contributed by atoms with Crippen LogP contribution < -0.4 is 43.0 Å². The Morgan fingerprint density at radius 1 is 0.650 bits per heavy atom. The Morgan fingerprint density at radius 3 is 1.87 bits per heavy atom. The van der Waals surface area contributed by atoms with Crippen molar-refractivity contribution in [2.24, 2.45) is 41.2 Å². The summed E-state index contributed by atoms with van der Waals surface area (Å²) in [5, 5.41) is 31.0. The molecule has 103 heavy (non-hydrogen) atoms. The van der Waals surface area contributed by atoms with Crippen molar-refractivity contribution < 1.29 is 72.1 Å². The third-order valence-corrected chi connectivity index (χ3v) is 20.7. The molecule has 2 aromatic carbocycles. The summed E-state index contributed by atoms with van der Waals surface area (Å²) in [7, 11) is 6.09. The molecule has 12 atom stereocenters. The van der Waals surface area contributed by atoms with Gasteiger partial charge < -0.3 is 77.0 Å². The molecule has 3 fully saturated rings. The fraction of sp³-hybridized carbons (Fsp3) is 0.697. The number of primary amides is 1. The van der Waals surface area contributed by atoms with E-state index >= 15 is 0 Å². The zero-order chi connectivity index (χ0) is 76.2. The van der Waals surface area contributed by atoms with Crippen LogP contribution in [0, 0.1) is 35.5 Å². The Bertz CT molecular complexity index is 3070. The van der Waals surface area contributed by atoms with E-state index < -0.39 is 126 Å². The number of likely N-dealkylation sites (N-methyl/N-ethyl adjacent to an activating group) is 2. The first-order valence-electron chi connectivity index (χ1n) is 37.4. The van der Waals surface area contributed by atoms with Crippen LogP contribution in [0.15, 0.2) is 54.6 Å². The molecule has 10 N–H and O–H groups in total. The number of carbonyl (C=O) groups excluding carboxylic acids is 11. The van der Waals surface area contributed by atoms with Gasteiger partial charge in [0.15, 0.2) is 0 Å². The predicted molar refractivity (Wildman–Crippen MR) is 392 cm³/mol. The molecule has 3 aliphatic rings. The maximum atomic E-state index is 14.9. The average Bonchev–Trinajstić information content (AvgIpc) is 1.80. The molecule has 0 spiro atoms. The number of methoxy groups -OCH3 is 2. The highest BCUT2D eigenvalue weighted by molar-refractivity contribution is 5.98. The number of hydrogen-bond acceptors (Lipinski definition) is 15. The fourth-order valence-corrected chi connectivity index (χ4v) is 14.4. The van der Waals surface area contributed by atoms with E-state index in [4.69, 9.17) is 19.9 Å². The molecular formula is C76H122N12O15. The van der Waals surface area contributed by atoms with Crippen molar-refractivity contribution >= 4 is 71.0 Å². The smallest absolute Gasteiger partial charge is 0.410 e. The summed E-state index contributed by atoms with van der Waals surface area (Å²) in [6.07, 6.45) is 7.10. The number of aliphatic hydroxyl groups excluding tert-OH is 1. The lowest BCUT2D eigenvalue weighted by Crippen LogP contribution is -2.60. The molecule has 0 radical (unpaired) electrons. The number of benzene rings is 2. The first kappa shape index (κ1) is 85.7. The second kappa shape index (κ2) is 42.8. The van der Waals surface area contributed by atoms with Crippen LogP contribution >= 0.6 is 0 Å². The number of ether oxygens (including phenoxy) is 3. The summed E-state index contributed by atoms with van der Waals surface area (Å²) in [5.41, 5.74) is 6.81. The molecule has 2 heterocycles. The van der Waals surface area contributed by atoms with Crippen LogP contribution in [0.1, 0.15) is 196 Å². The average molecular weight is 1440 g/mol. The minimum absolute atomic E-state index is 0.0194. The largest absolute Gasteiger partial charge is 0.445 e. The first-order chi connectivity index (χ1) is 48.9. The van der Waals surface area contributed by atoms with Gasteiger partial charge in [0.25, 0.3) is 0 Å². The molecule has 12 amide bonds. The SMILES string of the molecule is CCC(C)C(C(CC(=O)N1CCCC1C(OC)C(C)C(=O)NC(C)C(O)c1ccccc1)OC)N(C)C(=O)C(NC(=O)C(C(C)C)N(C)C(=O)OCc1ccc(NC(=O)C(CCCNC(N)=O)NC(=O)C(NC(=O)CCCC(=O)N2CCC(C(=O)NC3CCCCCC3)CC2)C(C)C)cc1)C(C)C. The topological polar surface area (TPSA) is 359 Å². The van der Waals surface area contributed by atoms with Crippen LogP contribution in [-0.2, 0) is 64.0 Å². The quantitative estimate of drug-likeness (QED) is 0.0245. The lowest BCUT2D eigenvalue weighted by atomic mass is 9.89. The first-order valence-corrected chi connectivity index (χ1v) is 37.4. The van der Waals surface area contributed by atoms with Gasteiger partial charge in [-0.3, -0.25) is 48.1 Å². The van der Waals surface area contributed by atoms with Crippen molar-refractivity contribution in [1.29, 1.82) is 0 Å². The molecule has 1 aliphatic carbocycles. The van der Waals surface area contributed by atoms with Gasteiger partial charge in [0.05, 0.1) is 48.8 Å². The van der Waals surface area contributed by atoms with E-state index in [0.29, 0.717) is 68.6 Å². The molecule has 5 rings (SSSR count). The van der Waals surface area contributed by atoms with Crippen LogP contribution in [0.25, 0.3) is 0 Å². The standard InChI is InChI=1S/C76H122N12O15/c1-15-49(8)66(59(101-13)44-62(91)88-41-25-31-58(88)68(102-14)50(9)69(93)79-51(10)67(92)53-26-19-18-20-27-53)85(11)74(98)64(47(4)5)84-73(97)65(48(6)7)86(12)76(100)103-45-52-34-36-56(37-35-52)81-71(95)57(30-24-40-78-75(77)99)82-72(96)63(46(2)3)83-60(89)32-23-33-61(90)87-42-38-54(39-43-87)70(94)80-55-28-21-16-17-22-29-55/h18-20,26-27,34-37,46-51,54-55,57-59,63-68,92H,15-17,21-25,28-33,38-45H2,1-14H3,(H,79,93)(H,80,94)(H,81,95)(H,82,96)(H,83,89)(H,84,97)(H3,77,78,99). The number of nitrogens with zero attached hydrogens (tertiary/aromatic N) is 4. The van der Waals surface area contributed by atoms with Gasteiger partial charge in [0, 0.05) is 85.0 Å². The molecule has 2 saturated heterocycles. The van der Waals surface area contributed by atoms with E-state index in [0.717, 1.165) is 25.7 Å². The molecule has 576 valence electrons. The third kappa shape index (κ3) is 26.0. The minimum atomic E-state index is -1.13. The number of nitrogens with one attached hydrogen (secondary N) is 7. The van der Waals surface area contributed by atoms with Crippen LogP contribution in [-0.4, -0.2) is 205 Å². The molecule has 0 bridgehead atoms. The Morgan fingerprint density at radius 2 is 1.29 bits per heavy atom. The van der Waals surface area contributed by atoms with Crippen molar-refractivity contribution in [3.05, 3.63) is 65.7 Å². The Hall–Kier alpha value is -7.91. The zero-order valence-electron chi connectivity index (χ0n) is 63.6. The number of likely N-dealkylation sites (tertiary alicyclic amines) is 2. The minimum Gasteiger partial charge on any atom is -0.445 e. The summed E-state index contributed by atoms with van der Waals surface area (Å²) in [6.45, 7) is 19.3. The number of amides is 12. The van der Waals surface area contributed by atoms with Gasteiger partial charge in [0.2, 0.25) is 53.2 Å². The van der Waals surface area contributed by atoms with Gasteiger partial charge in [-0.15, -0.1) is 0 Å². The highest BCUT2D eigenvalue weighted by atomic mass is 16.6. The van der Waals surface area contributed by atoms with E-state index in [9.17, 15) is 57.8 Å². The van der Waals surface area contributed by atoms with Gasteiger partial charge in [-0.1, -0.05) is 137 Å². The van der Waals surface area contributed by atoms with Gasteiger partial charge in [0.1, 0.15) is 30.8 Å². The summed E-state index contributed by atoms with van der Waals surface area (Å²) >= 11 is 0. The van der Waals surface area contributed by atoms with Crippen LogP contribution in [0.4, 0.5) is 15.3 Å². The third-order valence-electron chi connectivity index (χ3n) is 20.7. The Labute approximate surface area is 610 Å². The highest BCUT2D eigenvalue weighted by Gasteiger charge is 2.44.